The molecular weight excluding hydrogens is 320 g/mol. The van der Waals surface area contributed by atoms with E-state index in [1.54, 1.807) is 12.1 Å². The first-order valence-corrected chi connectivity index (χ1v) is 9.61. The number of rotatable bonds is 7. The van der Waals surface area contributed by atoms with Gasteiger partial charge in [0.05, 0.1) is 4.90 Å². The third-order valence-corrected chi connectivity index (χ3v) is 5.63. The highest BCUT2D eigenvalue weighted by atomic mass is 32.2. The second-order valence-electron chi connectivity index (χ2n) is 6.31. The molecule has 24 heavy (non-hydrogen) atoms. The highest BCUT2D eigenvalue weighted by Gasteiger charge is 2.13. The number of nitrogens with one attached hydrogen (secondary N) is 1. The largest absolute Gasteiger partial charge is 0.378 e. The van der Waals surface area contributed by atoms with Crippen LogP contribution in [0.1, 0.15) is 23.1 Å². The Morgan fingerprint density at radius 3 is 2.21 bits per heavy atom. The van der Waals surface area contributed by atoms with Gasteiger partial charge in [-0.05, 0) is 67.6 Å². The van der Waals surface area contributed by atoms with Crippen molar-refractivity contribution in [1.82, 2.24) is 4.72 Å². The average Bonchev–Trinajstić information content (AvgIpc) is 2.54. The molecule has 130 valence electrons. The van der Waals surface area contributed by atoms with Crippen LogP contribution in [0.25, 0.3) is 0 Å². The molecule has 4 nitrogen and oxygen atoms in total. The first-order chi connectivity index (χ1) is 11.3. The average molecular weight is 346 g/mol. The van der Waals surface area contributed by atoms with Crippen LogP contribution in [0.15, 0.2) is 47.4 Å². The summed E-state index contributed by atoms with van der Waals surface area (Å²) in [5, 5.41) is 0. The molecule has 0 heterocycles. The molecule has 0 saturated carbocycles. The fourth-order valence-corrected chi connectivity index (χ4v) is 3.58. The van der Waals surface area contributed by atoms with E-state index in [0.717, 1.165) is 29.7 Å². The first-order valence-electron chi connectivity index (χ1n) is 8.13. The number of benzene rings is 2. The monoisotopic (exact) mass is 346 g/mol. The molecule has 0 aliphatic carbocycles. The van der Waals surface area contributed by atoms with E-state index in [1.165, 1.54) is 5.56 Å². The van der Waals surface area contributed by atoms with Crippen molar-refractivity contribution in [3.63, 3.8) is 0 Å². The topological polar surface area (TPSA) is 49.4 Å². The summed E-state index contributed by atoms with van der Waals surface area (Å²) in [6, 6.07) is 13.6. The van der Waals surface area contributed by atoms with Crippen molar-refractivity contribution in [2.45, 2.75) is 31.6 Å². The lowest BCUT2D eigenvalue weighted by molar-refractivity contribution is 0.579. The lowest BCUT2D eigenvalue weighted by Gasteiger charge is -2.12. The number of sulfonamides is 1. The van der Waals surface area contributed by atoms with E-state index in [4.69, 9.17) is 0 Å². The van der Waals surface area contributed by atoms with Crippen LogP contribution in [0, 0.1) is 13.8 Å². The van der Waals surface area contributed by atoms with Gasteiger partial charge in [-0.25, -0.2) is 13.1 Å². The fraction of sp³-hybridized carbons (Fsp3) is 0.368. The summed E-state index contributed by atoms with van der Waals surface area (Å²) in [6.45, 7) is 4.33. The van der Waals surface area contributed by atoms with Gasteiger partial charge in [0.2, 0.25) is 10.0 Å². The van der Waals surface area contributed by atoms with E-state index in [2.05, 4.69) is 33.9 Å². The van der Waals surface area contributed by atoms with E-state index >= 15 is 0 Å². The molecule has 0 fully saturated rings. The van der Waals surface area contributed by atoms with Crippen LogP contribution >= 0.6 is 0 Å². The van der Waals surface area contributed by atoms with Crippen LogP contribution in [-0.4, -0.2) is 29.1 Å². The number of aryl methyl sites for hydroxylation is 3. The maximum absolute atomic E-state index is 12.3. The van der Waals surface area contributed by atoms with Crippen LogP contribution in [0.5, 0.6) is 0 Å². The molecule has 0 unspecified atom stereocenters. The van der Waals surface area contributed by atoms with E-state index in [0.29, 0.717) is 11.4 Å². The second kappa shape index (κ2) is 7.81. The minimum atomic E-state index is -3.43. The molecule has 2 rings (SSSR count). The molecule has 2 aromatic carbocycles. The Balaban J connectivity index is 1.87. The predicted molar refractivity (Wildman–Crippen MR) is 100 cm³/mol. The summed E-state index contributed by atoms with van der Waals surface area (Å²) in [5.41, 5.74) is 4.45. The normalized spacial score (nSPS) is 11.5. The van der Waals surface area contributed by atoms with Gasteiger partial charge in [0.15, 0.2) is 0 Å². The molecule has 0 spiro atoms. The van der Waals surface area contributed by atoms with Crippen LogP contribution < -0.4 is 9.62 Å². The summed E-state index contributed by atoms with van der Waals surface area (Å²) in [7, 11) is 0.592. The highest BCUT2D eigenvalue weighted by molar-refractivity contribution is 7.89. The highest BCUT2D eigenvalue weighted by Crippen LogP contribution is 2.15. The van der Waals surface area contributed by atoms with Crippen molar-refractivity contribution in [2.24, 2.45) is 0 Å². The molecule has 0 bridgehead atoms. The summed E-state index contributed by atoms with van der Waals surface area (Å²) >= 11 is 0. The Hall–Kier alpha value is -1.85. The molecule has 1 N–H and O–H groups in total. The number of hydrogen-bond donors (Lipinski definition) is 1. The van der Waals surface area contributed by atoms with Crippen molar-refractivity contribution in [3.8, 4) is 0 Å². The Morgan fingerprint density at radius 2 is 1.62 bits per heavy atom. The van der Waals surface area contributed by atoms with E-state index < -0.39 is 10.0 Å². The van der Waals surface area contributed by atoms with Crippen molar-refractivity contribution >= 4 is 15.7 Å². The molecule has 0 amide bonds. The standard InChI is InChI=1S/C19H26N2O2S/c1-15-7-12-19(14-16(15)2)24(22,23)20-13-5-6-17-8-10-18(11-9-17)21(3)4/h7-12,14,20H,5-6,13H2,1-4H3. The van der Waals surface area contributed by atoms with Crippen molar-refractivity contribution < 1.29 is 8.42 Å². The van der Waals surface area contributed by atoms with Gasteiger partial charge in [0.1, 0.15) is 0 Å². The fourth-order valence-electron chi connectivity index (χ4n) is 2.42. The number of nitrogens with zero attached hydrogens (tertiary/aromatic N) is 1. The lowest BCUT2D eigenvalue weighted by atomic mass is 10.1. The second-order valence-corrected chi connectivity index (χ2v) is 8.08. The lowest BCUT2D eigenvalue weighted by Crippen LogP contribution is -2.25. The van der Waals surface area contributed by atoms with E-state index in [-0.39, 0.29) is 0 Å². The molecule has 0 radical (unpaired) electrons. The molecule has 5 heteroatoms. The van der Waals surface area contributed by atoms with Crippen LogP contribution in [0.3, 0.4) is 0 Å². The summed E-state index contributed by atoms with van der Waals surface area (Å²) < 4.78 is 27.3. The van der Waals surface area contributed by atoms with E-state index in [1.807, 2.05) is 34.0 Å². The van der Waals surface area contributed by atoms with Crippen molar-refractivity contribution in [1.29, 1.82) is 0 Å². The van der Waals surface area contributed by atoms with Crippen LogP contribution in [0.4, 0.5) is 5.69 Å². The number of anilines is 1. The zero-order valence-electron chi connectivity index (χ0n) is 14.8. The van der Waals surface area contributed by atoms with Gasteiger partial charge in [-0.1, -0.05) is 18.2 Å². The first kappa shape index (κ1) is 18.5. The maximum atomic E-state index is 12.3. The molecule has 2 aromatic rings. The molecule has 0 atom stereocenters. The molecule has 0 saturated heterocycles. The maximum Gasteiger partial charge on any atom is 0.240 e. The molecule has 0 aliphatic rings. The van der Waals surface area contributed by atoms with Crippen molar-refractivity contribution in [3.05, 3.63) is 59.2 Å². The van der Waals surface area contributed by atoms with Gasteiger partial charge >= 0.3 is 0 Å². The quantitative estimate of drug-likeness (QED) is 0.783. The third kappa shape index (κ3) is 4.82. The Kier molecular flexibility index (Phi) is 6.02. The Morgan fingerprint density at radius 1 is 0.958 bits per heavy atom. The molecule has 0 aromatic heterocycles. The van der Waals surface area contributed by atoms with Gasteiger partial charge in [0.25, 0.3) is 0 Å². The zero-order valence-corrected chi connectivity index (χ0v) is 15.7. The third-order valence-electron chi connectivity index (χ3n) is 4.18. The zero-order chi connectivity index (χ0) is 17.7. The minimum Gasteiger partial charge on any atom is -0.378 e. The molecule has 0 aliphatic heterocycles. The smallest absolute Gasteiger partial charge is 0.240 e. The van der Waals surface area contributed by atoms with Gasteiger partial charge in [-0.2, -0.15) is 0 Å². The minimum absolute atomic E-state index is 0.334. The van der Waals surface area contributed by atoms with Gasteiger partial charge in [-0.15, -0.1) is 0 Å². The predicted octanol–water partition coefficient (Wildman–Crippen LogP) is 3.28. The SMILES string of the molecule is Cc1ccc(S(=O)(=O)NCCCc2ccc(N(C)C)cc2)cc1C. The van der Waals surface area contributed by atoms with E-state index in [9.17, 15) is 8.42 Å². The summed E-state index contributed by atoms with van der Waals surface area (Å²) in [6.07, 6.45) is 1.62. The number of hydrogen-bond acceptors (Lipinski definition) is 3. The van der Waals surface area contributed by atoms with Crippen LogP contribution in [-0.2, 0) is 16.4 Å². The Labute approximate surface area is 145 Å². The summed E-state index contributed by atoms with van der Waals surface area (Å²) in [5.74, 6) is 0. The molecular formula is C19H26N2O2S. The Bertz CT molecular complexity index is 782. The van der Waals surface area contributed by atoms with Gasteiger partial charge in [0, 0.05) is 26.3 Å². The van der Waals surface area contributed by atoms with Crippen LogP contribution in [0.2, 0.25) is 0 Å². The van der Waals surface area contributed by atoms with Crippen molar-refractivity contribution in [2.75, 3.05) is 25.5 Å². The van der Waals surface area contributed by atoms with Gasteiger partial charge in [-0.3, -0.25) is 0 Å². The summed E-state index contributed by atoms with van der Waals surface area (Å²) in [4.78, 5) is 2.39. The van der Waals surface area contributed by atoms with Gasteiger partial charge < -0.3 is 4.90 Å².